The molecule has 0 fully saturated rings. The monoisotopic (exact) mass is 443 g/mol. The fourth-order valence-corrected chi connectivity index (χ4v) is 4.01. The highest BCUT2D eigenvalue weighted by atomic mass is 32.1. The quantitative estimate of drug-likeness (QED) is 0.367. The second-order valence-corrected chi connectivity index (χ2v) is 7.92. The Bertz CT molecular complexity index is 1290. The van der Waals surface area contributed by atoms with Crippen LogP contribution in [0.15, 0.2) is 54.9 Å². The molecule has 158 valence electrons. The lowest BCUT2D eigenvalue weighted by Gasteiger charge is -2.11. The maximum Gasteiger partial charge on any atom is 0.416 e. The van der Waals surface area contributed by atoms with Gasteiger partial charge in [0.15, 0.2) is 0 Å². The fraction of sp³-hybridized carbons (Fsp3) is 0.0952. The van der Waals surface area contributed by atoms with Crippen molar-refractivity contribution in [3.8, 4) is 11.3 Å². The molecule has 6 nitrogen and oxygen atoms in total. The van der Waals surface area contributed by atoms with Crippen LogP contribution in [0, 0.1) is 6.92 Å². The van der Waals surface area contributed by atoms with Crippen LogP contribution in [0.3, 0.4) is 0 Å². The van der Waals surface area contributed by atoms with Crippen molar-refractivity contribution in [3.05, 3.63) is 65.3 Å². The van der Waals surface area contributed by atoms with Crippen LogP contribution in [0.1, 0.15) is 10.4 Å². The van der Waals surface area contributed by atoms with E-state index in [0.29, 0.717) is 22.6 Å². The number of rotatable bonds is 3. The van der Waals surface area contributed by atoms with E-state index in [1.165, 1.54) is 29.8 Å². The summed E-state index contributed by atoms with van der Waals surface area (Å²) in [7, 11) is 0. The standard InChI is InChI=1S/C21H16F3N5OS/c1-11-17(25)16-18(26-10-27-19(16)31-11)12-4-2-6-14(8-12)28-20(30)29-15-7-3-5-13(9-15)21(22,23)24/h2-10H,25H2,1H3,(H2,28,29,30). The third-order valence-electron chi connectivity index (χ3n) is 4.55. The minimum Gasteiger partial charge on any atom is -0.397 e. The first-order valence-corrected chi connectivity index (χ1v) is 9.89. The molecule has 2 aromatic carbocycles. The molecule has 2 heterocycles. The van der Waals surface area contributed by atoms with Crippen molar-refractivity contribution in [3.63, 3.8) is 0 Å². The molecule has 0 aliphatic heterocycles. The van der Waals surface area contributed by atoms with Crippen molar-refractivity contribution in [2.75, 3.05) is 16.4 Å². The summed E-state index contributed by atoms with van der Waals surface area (Å²) in [4.78, 5) is 22.6. The predicted octanol–water partition coefficient (Wildman–Crippen LogP) is 5.91. The Morgan fingerprint density at radius 2 is 1.71 bits per heavy atom. The highest BCUT2D eigenvalue weighted by molar-refractivity contribution is 7.19. The number of hydrogen-bond acceptors (Lipinski definition) is 5. The van der Waals surface area contributed by atoms with E-state index >= 15 is 0 Å². The van der Waals surface area contributed by atoms with E-state index < -0.39 is 17.8 Å². The molecule has 10 heteroatoms. The average molecular weight is 443 g/mol. The molecule has 2 aromatic heterocycles. The average Bonchev–Trinajstić information content (AvgIpc) is 3.01. The smallest absolute Gasteiger partial charge is 0.397 e. The molecule has 0 atom stereocenters. The molecule has 4 aromatic rings. The zero-order valence-corrected chi connectivity index (χ0v) is 16.9. The van der Waals surface area contributed by atoms with Gasteiger partial charge in [0.25, 0.3) is 0 Å². The summed E-state index contributed by atoms with van der Waals surface area (Å²) in [6.45, 7) is 1.90. The van der Waals surface area contributed by atoms with Gasteiger partial charge in [0.1, 0.15) is 11.2 Å². The number of nitrogen functional groups attached to an aromatic ring is 1. The van der Waals surface area contributed by atoms with E-state index in [-0.39, 0.29) is 5.69 Å². The molecular weight excluding hydrogens is 427 g/mol. The fourth-order valence-electron chi connectivity index (χ4n) is 3.10. The van der Waals surface area contributed by atoms with Gasteiger partial charge in [-0.3, -0.25) is 0 Å². The van der Waals surface area contributed by atoms with Gasteiger partial charge in [-0.2, -0.15) is 13.2 Å². The Kier molecular flexibility index (Phi) is 5.24. The number of halogens is 3. The molecule has 4 N–H and O–H groups in total. The summed E-state index contributed by atoms with van der Waals surface area (Å²) in [6, 6.07) is 10.7. The van der Waals surface area contributed by atoms with Crippen molar-refractivity contribution in [1.82, 2.24) is 9.97 Å². The number of urea groups is 1. The van der Waals surface area contributed by atoms with Crippen LogP contribution < -0.4 is 16.4 Å². The minimum absolute atomic E-state index is 0.0301. The van der Waals surface area contributed by atoms with E-state index in [1.54, 1.807) is 18.2 Å². The van der Waals surface area contributed by atoms with Gasteiger partial charge in [0.05, 0.1) is 22.3 Å². The number of benzene rings is 2. The summed E-state index contributed by atoms with van der Waals surface area (Å²) >= 11 is 1.47. The summed E-state index contributed by atoms with van der Waals surface area (Å²) in [6.07, 6.45) is -3.04. The molecule has 0 bridgehead atoms. The van der Waals surface area contributed by atoms with Crippen LogP contribution in [0.5, 0.6) is 0 Å². The number of fused-ring (bicyclic) bond motifs is 1. The van der Waals surface area contributed by atoms with Gasteiger partial charge in [-0.05, 0) is 37.3 Å². The summed E-state index contributed by atoms with van der Waals surface area (Å²) in [5.41, 5.74) is 7.78. The lowest BCUT2D eigenvalue weighted by molar-refractivity contribution is -0.137. The van der Waals surface area contributed by atoms with Crippen LogP contribution in [-0.2, 0) is 6.18 Å². The highest BCUT2D eigenvalue weighted by Crippen LogP contribution is 2.37. The van der Waals surface area contributed by atoms with E-state index in [4.69, 9.17) is 5.73 Å². The number of carbonyl (C=O) groups is 1. The van der Waals surface area contributed by atoms with Gasteiger partial charge in [-0.15, -0.1) is 11.3 Å². The second-order valence-electron chi connectivity index (χ2n) is 6.71. The topological polar surface area (TPSA) is 92.9 Å². The SMILES string of the molecule is Cc1sc2ncnc(-c3cccc(NC(=O)Nc4cccc(C(F)(F)F)c4)c3)c2c1N. The van der Waals surface area contributed by atoms with Gasteiger partial charge in [0.2, 0.25) is 0 Å². The van der Waals surface area contributed by atoms with E-state index in [0.717, 1.165) is 27.2 Å². The number of amides is 2. The largest absolute Gasteiger partial charge is 0.416 e. The van der Waals surface area contributed by atoms with Crippen LogP contribution in [0.2, 0.25) is 0 Å². The number of nitrogens with zero attached hydrogens (tertiary/aromatic N) is 2. The van der Waals surface area contributed by atoms with Gasteiger partial charge >= 0.3 is 12.2 Å². The molecule has 31 heavy (non-hydrogen) atoms. The van der Waals surface area contributed by atoms with Gasteiger partial charge in [-0.25, -0.2) is 14.8 Å². The van der Waals surface area contributed by atoms with Crippen molar-refractivity contribution in [2.45, 2.75) is 13.1 Å². The summed E-state index contributed by atoms with van der Waals surface area (Å²) < 4.78 is 38.6. The Balaban J connectivity index is 1.57. The number of alkyl halides is 3. The first kappa shape index (κ1) is 20.6. The summed E-state index contributed by atoms with van der Waals surface area (Å²) in [5.74, 6) is 0. The Morgan fingerprint density at radius 1 is 1.03 bits per heavy atom. The molecule has 0 spiro atoms. The molecule has 0 aliphatic carbocycles. The molecular formula is C21H16F3N5OS. The zero-order chi connectivity index (χ0) is 22.2. The molecule has 4 rings (SSSR count). The number of aryl methyl sites for hydroxylation is 1. The van der Waals surface area contributed by atoms with E-state index in [2.05, 4.69) is 20.6 Å². The number of thiophene rings is 1. The first-order chi connectivity index (χ1) is 14.7. The number of aromatic nitrogens is 2. The molecule has 0 saturated heterocycles. The number of nitrogens with two attached hydrogens (primary N) is 1. The molecule has 0 aliphatic rings. The van der Waals surface area contributed by atoms with Crippen molar-refractivity contribution in [2.24, 2.45) is 0 Å². The van der Waals surface area contributed by atoms with Gasteiger partial charge in [0, 0.05) is 21.8 Å². The Hall–Kier alpha value is -3.66. The lowest BCUT2D eigenvalue weighted by Crippen LogP contribution is -2.19. The summed E-state index contributed by atoms with van der Waals surface area (Å²) in [5, 5.41) is 5.78. The maximum absolute atomic E-state index is 12.9. The first-order valence-electron chi connectivity index (χ1n) is 9.07. The number of carbonyl (C=O) groups excluding carboxylic acids is 1. The lowest BCUT2D eigenvalue weighted by atomic mass is 10.1. The van der Waals surface area contributed by atoms with Crippen LogP contribution in [-0.4, -0.2) is 16.0 Å². The maximum atomic E-state index is 12.9. The number of anilines is 3. The Labute approximate surface area is 178 Å². The molecule has 0 saturated carbocycles. The van der Waals surface area contributed by atoms with E-state index in [1.807, 2.05) is 13.0 Å². The van der Waals surface area contributed by atoms with Crippen molar-refractivity contribution < 1.29 is 18.0 Å². The Morgan fingerprint density at radius 3 is 2.42 bits per heavy atom. The van der Waals surface area contributed by atoms with Crippen LogP contribution >= 0.6 is 11.3 Å². The van der Waals surface area contributed by atoms with E-state index in [9.17, 15) is 18.0 Å². The van der Waals surface area contributed by atoms with Gasteiger partial charge < -0.3 is 16.4 Å². The minimum atomic E-state index is -4.49. The zero-order valence-electron chi connectivity index (χ0n) is 16.1. The van der Waals surface area contributed by atoms with Crippen LogP contribution in [0.4, 0.5) is 35.0 Å². The highest BCUT2D eigenvalue weighted by Gasteiger charge is 2.30. The molecule has 0 radical (unpaired) electrons. The molecule has 2 amide bonds. The number of hydrogen-bond donors (Lipinski definition) is 3. The predicted molar refractivity (Wildman–Crippen MR) is 116 cm³/mol. The van der Waals surface area contributed by atoms with Crippen LogP contribution in [0.25, 0.3) is 21.5 Å². The van der Waals surface area contributed by atoms with Crippen molar-refractivity contribution in [1.29, 1.82) is 0 Å². The van der Waals surface area contributed by atoms with Crippen molar-refractivity contribution >= 4 is 44.6 Å². The second kappa shape index (κ2) is 7.88. The normalized spacial score (nSPS) is 11.5. The molecule has 0 unspecified atom stereocenters. The number of nitrogens with one attached hydrogen (secondary N) is 2. The third kappa shape index (κ3) is 4.29. The van der Waals surface area contributed by atoms with Gasteiger partial charge in [-0.1, -0.05) is 18.2 Å². The third-order valence-corrected chi connectivity index (χ3v) is 5.58.